The highest BCUT2D eigenvalue weighted by Crippen LogP contribution is 2.33. The van der Waals surface area contributed by atoms with Gasteiger partial charge < -0.3 is 4.74 Å². The molecule has 0 bridgehead atoms. The van der Waals surface area contributed by atoms with E-state index in [9.17, 15) is 4.79 Å². The van der Waals surface area contributed by atoms with E-state index >= 15 is 0 Å². The van der Waals surface area contributed by atoms with E-state index in [-0.39, 0.29) is 23.9 Å². The molecule has 19 heavy (non-hydrogen) atoms. The van der Waals surface area contributed by atoms with Crippen LogP contribution in [0, 0.1) is 18.8 Å². The monoisotopic (exact) mass is 264 g/mol. The van der Waals surface area contributed by atoms with Gasteiger partial charge in [0.05, 0.1) is 17.9 Å². The summed E-state index contributed by atoms with van der Waals surface area (Å²) in [6, 6.07) is 2.01. The molecule has 1 aromatic rings. The van der Waals surface area contributed by atoms with Crippen molar-refractivity contribution in [1.29, 1.82) is 0 Å². The molecule has 0 radical (unpaired) electrons. The number of ether oxygens (including phenoxy) is 1. The molecular formula is C15H24N2O2. The van der Waals surface area contributed by atoms with E-state index in [2.05, 4.69) is 18.9 Å². The summed E-state index contributed by atoms with van der Waals surface area (Å²) in [6.45, 7) is 11.0. The summed E-state index contributed by atoms with van der Waals surface area (Å²) < 4.78 is 7.68. The molecule has 1 aliphatic heterocycles. The first-order chi connectivity index (χ1) is 8.93. The molecular weight excluding hydrogens is 240 g/mol. The number of aromatic nitrogens is 2. The van der Waals surface area contributed by atoms with Gasteiger partial charge >= 0.3 is 0 Å². The smallest absolute Gasteiger partial charge is 0.144 e. The van der Waals surface area contributed by atoms with Gasteiger partial charge in [-0.15, -0.1) is 0 Å². The number of ketones is 1. The predicted molar refractivity (Wildman–Crippen MR) is 74.0 cm³/mol. The molecule has 0 N–H and O–H groups in total. The lowest BCUT2D eigenvalue weighted by atomic mass is 9.84. The minimum absolute atomic E-state index is 0.00973. The van der Waals surface area contributed by atoms with E-state index in [1.807, 2.05) is 31.5 Å². The lowest BCUT2D eigenvalue weighted by molar-refractivity contribution is -0.124. The third kappa shape index (κ3) is 2.73. The van der Waals surface area contributed by atoms with Gasteiger partial charge in [-0.05, 0) is 39.7 Å². The van der Waals surface area contributed by atoms with Crippen molar-refractivity contribution in [1.82, 2.24) is 9.78 Å². The molecule has 0 aliphatic carbocycles. The van der Waals surface area contributed by atoms with Crippen molar-refractivity contribution in [2.75, 3.05) is 0 Å². The topological polar surface area (TPSA) is 44.1 Å². The maximum atomic E-state index is 12.5. The zero-order valence-electron chi connectivity index (χ0n) is 12.5. The van der Waals surface area contributed by atoms with Crippen molar-refractivity contribution < 1.29 is 9.53 Å². The van der Waals surface area contributed by atoms with E-state index in [0.29, 0.717) is 12.3 Å². The zero-order valence-corrected chi connectivity index (χ0v) is 12.5. The lowest BCUT2D eigenvalue weighted by Crippen LogP contribution is -2.28. The number of carbonyl (C=O) groups is 1. The van der Waals surface area contributed by atoms with E-state index in [1.165, 1.54) is 0 Å². The molecule has 4 heteroatoms. The molecule has 4 atom stereocenters. The fourth-order valence-corrected chi connectivity index (χ4v) is 3.13. The van der Waals surface area contributed by atoms with Gasteiger partial charge in [-0.1, -0.05) is 6.92 Å². The summed E-state index contributed by atoms with van der Waals surface area (Å²) in [4.78, 5) is 12.5. The second kappa shape index (κ2) is 5.45. The average Bonchev–Trinajstić information content (AvgIpc) is 2.80. The predicted octanol–water partition coefficient (Wildman–Crippen LogP) is 2.38. The molecule has 106 valence electrons. The van der Waals surface area contributed by atoms with E-state index in [4.69, 9.17) is 4.74 Å². The first-order valence-corrected chi connectivity index (χ1v) is 7.15. The summed E-state index contributed by atoms with van der Waals surface area (Å²) in [5.74, 6) is 0.580. The van der Waals surface area contributed by atoms with Crippen LogP contribution >= 0.6 is 0 Å². The Labute approximate surface area is 115 Å². The number of Topliss-reactive ketones (excluding diaryl/α,β-unsaturated/α-hetero) is 1. The molecule has 1 aliphatic rings. The van der Waals surface area contributed by atoms with Gasteiger partial charge in [0.25, 0.3) is 0 Å². The second-order valence-electron chi connectivity index (χ2n) is 5.67. The molecule has 4 nitrogen and oxygen atoms in total. The van der Waals surface area contributed by atoms with Gasteiger partial charge in [0.2, 0.25) is 0 Å². The highest BCUT2D eigenvalue weighted by Gasteiger charge is 2.41. The quantitative estimate of drug-likeness (QED) is 0.838. The van der Waals surface area contributed by atoms with Gasteiger partial charge in [-0.3, -0.25) is 9.48 Å². The molecule has 1 saturated heterocycles. The third-order valence-corrected chi connectivity index (χ3v) is 4.25. The minimum Gasteiger partial charge on any atom is -0.375 e. The van der Waals surface area contributed by atoms with Crippen LogP contribution in [0.25, 0.3) is 0 Å². The van der Waals surface area contributed by atoms with Crippen molar-refractivity contribution in [2.24, 2.45) is 11.8 Å². The van der Waals surface area contributed by atoms with Crippen LogP contribution in [-0.2, 0) is 22.5 Å². The Balaban J connectivity index is 2.12. The van der Waals surface area contributed by atoms with Crippen LogP contribution in [0.3, 0.4) is 0 Å². The molecule has 0 aromatic carbocycles. The summed E-state index contributed by atoms with van der Waals surface area (Å²) in [5.41, 5.74) is 1.99. The summed E-state index contributed by atoms with van der Waals surface area (Å²) in [5, 5.41) is 4.39. The van der Waals surface area contributed by atoms with Crippen LogP contribution in [0.15, 0.2) is 6.07 Å². The summed E-state index contributed by atoms with van der Waals surface area (Å²) in [6.07, 6.45) is 0.655. The van der Waals surface area contributed by atoms with Crippen LogP contribution in [0.1, 0.15) is 39.1 Å². The van der Waals surface area contributed by atoms with E-state index in [0.717, 1.165) is 17.9 Å². The molecule has 0 spiro atoms. The Morgan fingerprint density at radius 1 is 1.37 bits per heavy atom. The largest absolute Gasteiger partial charge is 0.375 e. The van der Waals surface area contributed by atoms with Crippen molar-refractivity contribution in [3.8, 4) is 0 Å². The van der Waals surface area contributed by atoms with Gasteiger partial charge in [-0.2, -0.15) is 5.10 Å². The Bertz CT molecular complexity index is 467. The molecule has 2 heterocycles. The molecule has 4 unspecified atom stereocenters. The van der Waals surface area contributed by atoms with Gasteiger partial charge in [0, 0.05) is 24.6 Å². The van der Waals surface area contributed by atoms with Crippen LogP contribution in [0.2, 0.25) is 0 Å². The van der Waals surface area contributed by atoms with Crippen molar-refractivity contribution in [3.63, 3.8) is 0 Å². The Kier molecular flexibility index (Phi) is 4.09. The number of nitrogens with zero attached hydrogens (tertiary/aromatic N) is 2. The average molecular weight is 264 g/mol. The molecule has 1 fully saturated rings. The minimum atomic E-state index is 0.00973. The Morgan fingerprint density at radius 3 is 2.58 bits per heavy atom. The molecule has 0 saturated carbocycles. The second-order valence-corrected chi connectivity index (χ2v) is 5.67. The number of rotatable bonds is 4. The fourth-order valence-electron chi connectivity index (χ4n) is 3.13. The number of hydrogen-bond acceptors (Lipinski definition) is 3. The number of hydrogen-bond donors (Lipinski definition) is 0. The summed E-state index contributed by atoms with van der Waals surface area (Å²) in [7, 11) is 0. The van der Waals surface area contributed by atoms with Crippen LogP contribution in [0.5, 0.6) is 0 Å². The standard InChI is InChI=1S/C15H24N2O2/c1-6-17-13(7-9(2)16-17)8-14(18)15-10(3)11(4)19-12(15)5/h7,10-12,15H,6,8H2,1-5H3. The highest BCUT2D eigenvalue weighted by atomic mass is 16.5. The van der Waals surface area contributed by atoms with Crippen molar-refractivity contribution in [3.05, 3.63) is 17.5 Å². The maximum absolute atomic E-state index is 12.5. The molecule has 2 rings (SSSR count). The maximum Gasteiger partial charge on any atom is 0.144 e. The van der Waals surface area contributed by atoms with Crippen molar-refractivity contribution in [2.45, 2.75) is 59.8 Å². The number of carbonyl (C=O) groups excluding carboxylic acids is 1. The van der Waals surface area contributed by atoms with Gasteiger partial charge in [-0.25, -0.2) is 0 Å². The van der Waals surface area contributed by atoms with Crippen LogP contribution in [-0.4, -0.2) is 27.8 Å². The lowest BCUT2D eigenvalue weighted by Gasteiger charge is -2.17. The van der Waals surface area contributed by atoms with Crippen molar-refractivity contribution >= 4 is 5.78 Å². The normalized spacial score (nSPS) is 30.8. The van der Waals surface area contributed by atoms with E-state index in [1.54, 1.807) is 0 Å². The summed E-state index contributed by atoms with van der Waals surface area (Å²) >= 11 is 0. The van der Waals surface area contributed by atoms with Crippen LogP contribution < -0.4 is 0 Å². The van der Waals surface area contributed by atoms with Crippen LogP contribution in [0.4, 0.5) is 0 Å². The Morgan fingerprint density at radius 2 is 2.05 bits per heavy atom. The first kappa shape index (κ1) is 14.3. The van der Waals surface area contributed by atoms with Gasteiger partial charge in [0.1, 0.15) is 5.78 Å². The first-order valence-electron chi connectivity index (χ1n) is 7.15. The van der Waals surface area contributed by atoms with Gasteiger partial charge in [0.15, 0.2) is 0 Å². The SMILES string of the molecule is CCn1nc(C)cc1CC(=O)C1C(C)OC(C)C1C. The third-order valence-electron chi connectivity index (χ3n) is 4.25. The van der Waals surface area contributed by atoms with E-state index < -0.39 is 0 Å². The molecule has 0 amide bonds. The highest BCUT2D eigenvalue weighted by molar-refractivity contribution is 5.84. The fraction of sp³-hybridized carbons (Fsp3) is 0.733. The Hall–Kier alpha value is -1.16. The number of aryl methyl sites for hydroxylation is 2. The zero-order chi connectivity index (χ0) is 14.2. The molecule has 1 aromatic heterocycles.